The summed E-state index contributed by atoms with van der Waals surface area (Å²) in [5.41, 5.74) is 0. The predicted molar refractivity (Wildman–Crippen MR) is 263 cm³/mol. The van der Waals surface area contributed by atoms with Crippen LogP contribution in [0.15, 0.2) is 48.6 Å². The predicted octanol–water partition coefficient (Wildman–Crippen LogP) is 14.8. The molecule has 1 amide bonds. The molecule has 0 aliphatic rings. The Hall–Kier alpha value is -1.54. The van der Waals surface area contributed by atoms with E-state index >= 15 is 0 Å². The summed E-state index contributed by atoms with van der Waals surface area (Å²) in [6.07, 6.45) is 56.3. The van der Waals surface area contributed by atoms with Gasteiger partial charge in [-0.1, -0.05) is 197 Å². The van der Waals surface area contributed by atoms with Crippen molar-refractivity contribution in [1.29, 1.82) is 0 Å². The number of nitrogens with zero attached hydrogens (tertiary/aromatic N) is 1. The Morgan fingerprint density at radius 1 is 0.541 bits per heavy atom. The molecule has 0 aromatic carbocycles. The number of phosphoric ester groups is 1. The van der Waals surface area contributed by atoms with Gasteiger partial charge in [0.15, 0.2) is 0 Å². The lowest BCUT2D eigenvalue weighted by molar-refractivity contribution is -0.870. The molecule has 0 aliphatic carbocycles. The summed E-state index contributed by atoms with van der Waals surface area (Å²) in [6, 6.07) is -0.871. The number of quaternary nitrogens is 1. The normalized spacial score (nSPS) is 14.5. The van der Waals surface area contributed by atoms with Gasteiger partial charge >= 0.3 is 7.82 Å². The zero-order valence-corrected chi connectivity index (χ0v) is 41.5. The molecule has 0 fully saturated rings. The minimum atomic E-state index is -4.35. The molecule has 0 saturated carbocycles. The minimum absolute atomic E-state index is 0.0522. The van der Waals surface area contributed by atoms with E-state index < -0.39 is 20.0 Å². The van der Waals surface area contributed by atoms with E-state index in [0.29, 0.717) is 17.4 Å². The maximum absolute atomic E-state index is 12.9. The Morgan fingerprint density at radius 3 is 1.31 bits per heavy atom. The number of nitrogens with one attached hydrogen (secondary N) is 1. The van der Waals surface area contributed by atoms with E-state index in [2.05, 4.69) is 55.6 Å². The van der Waals surface area contributed by atoms with E-state index in [1.807, 2.05) is 27.2 Å². The summed E-state index contributed by atoms with van der Waals surface area (Å²) in [5.74, 6) is -0.194. The molecule has 0 spiro atoms. The average Bonchev–Trinajstić information content (AvgIpc) is 3.21. The van der Waals surface area contributed by atoms with Gasteiger partial charge in [-0.2, -0.15) is 0 Å². The second kappa shape index (κ2) is 43.7. The third-order valence-corrected chi connectivity index (χ3v) is 12.2. The van der Waals surface area contributed by atoms with Crippen molar-refractivity contribution >= 4 is 13.7 Å². The number of likely N-dealkylation sites (N-methyl/N-ethyl adjacent to an activating group) is 1. The van der Waals surface area contributed by atoms with Crippen molar-refractivity contribution in [1.82, 2.24) is 5.32 Å². The molecule has 0 aromatic heterocycles. The second-order valence-electron chi connectivity index (χ2n) is 18.5. The van der Waals surface area contributed by atoms with Gasteiger partial charge in [-0.15, -0.1) is 0 Å². The van der Waals surface area contributed by atoms with Crippen LogP contribution in [-0.2, 0) is 18.4 Å². The molecule has 3 atom stereocenters. The summed E-state index contributed by atoms with van der Waals surface area (Å²) >= 11 is 0. The number of carbonyl (C=O) groups excluding carboxylic acids is 1. The standard InChI is InChI=1S/C52H99N2O6P/c1-6-8-10-12-14-16-18-20-22-23-24-25-26-27-28-29-30-32-34-36-38-40-42-44-46-52(56)53-50(49-60-61(57,58)59-48-47-54(3,4)5)51(55)45-43-41-39-37-35-33-31-21-19-17-15-13-11-9-7-2/h19,21,27-28,35,37,43,45,50-51,55H,6-18,20,22-26,29-34,36,38-42,44,46-49H2,1-5H3,(H-,53,56,57,58)/p+1/b21-19+,28-27-,37-35+,45-43+. The Balaban J connectivity index is 4.31. The van der Waals surface area contributed by atoms with Crippen LogP contribution in [0, 0.1) is 0 Å². The van der Waals surface area contributed by atoms with Crippen LogP contribution in [0.1, 0.15) is 226 Å². The van der Waals surface area contributed by atoms with Gasteiger partial charge in [0.2, 0.25) is 5.91 Å². The van der Waals surface area contributed by atoms with Gasteiger partial charge in [-0.25, -0.2) is 4.57 Å². The van der Waals surface area contributed by atoms with Crippen LogP contribution in [0.5, 0.6) is 0 Å². The first-order valence-corrected chi connectivity index (χ1v) is 27.0. The molecule has 0 aliphatic heterocycles. The Morgan fingerprint density at radius 2 is 0.902 bits per heavy atom. The lowest BCUT2D eigenvalue weighted by atomic mass is 10.0. The number of aliphatic hydroxyl groups is 1. The van der Waals surface area contributed by atoms with Gasteiger partial charge in [-0.05, 0) is 70.6 Å². The molecular formula is C52H100N2O6P+. The largest absolute Gasteiger partial charge is 0.472 e. The van der Waals surface area contributed by atoms with Gasteiger partial charge in [-0.3, -0.25) is 13.8 Å². The molecule has 8 nitrogen and oxygen atoms in total. The molecule has 9 heteroatoms. The van der Waals surface area contributed by atoms with Crippen LogP contribution in [0.25, 0.3) is 0 Å². The highest BCUT2D eigenvalue weighted by atomic mass is 31.2. The fourth-order valence-electron chi connectivity index (χ4n) is 7.19. The molecule has 61 heavy (non-hydrogen) atoms. The van der Waals surface area contributed by atoms with E-state index in [9.17, 15) is 19.4 Å². The number of hydrogen-bond acceptors (Lipinski definition) is 5. The Bertz CT molecular complexity index is 1130. The van der Waals surface area contributed by atoms with E-state index in [1.54, 1.807) is 6.08 Å². The van der Waals surface area contributed by atoms with Gasteiger partial charge in [0.25, 0.3) is 0 Å². The summed E-state index contributed by atoms with van der Waals surface area (Å²) in [4.78, 5) is 23.2. The average molecular weight is 880 g/mol. The van der Waals surface area contributed by atoms with Crippen LogP contribution in [0.3, 0.4) is 0 Å². The molecule has 0 bridgehead atoms. The first kappa shape index (κ1) is 59.5. The summed E-state index contributed by atoms with van der Waals surface area (Å²) in [7, 11) is 1.54. The van der Waals surface area contributed by atoms with E-state index in [0.717, 1.165) is 44.9 Å². The molecule has 0 heterocycles. The van der Waals surface area contributed by atoms with Crippen LogP contribution >= 0.6 is 7.82 Å². The second-order valence-corrected chi connectivity index (χ2v) is 20.0. The molecule has 3 N–H and O–H groups in total. The quantitative estimate of drug-likeness (QED) is 0.0243. The monoisotopic (exact) mass is 880 g/mol. The van der Waals surface area contributed by atoms with Crippen LogP contribution < -0.4 is 5.32 Å². The van der Waals surface area contributed by atoms with Crippen molar-refractivity contribution in [2.45, 2.75) is 238 Å². The molecule has 3 unspecified atom stereocenters. The number of rotatable bonds is 46. The third-order valence-electron chi connectivity index (χ3n) is 11.2. The SMILES string of the molecule is CCCCCCC/C=C/CC/C=C/CC/C=C/C(O)C(COP(=O)(O)OCC[N+](C)(C)C)NC(=O)CCCCCCCCCC/C=C\CCCCCCCCCCCCCC. The maximum atomic E-state index is 12.9. The van der Waals surface area contributed by atoms with Gasteiger partial charge in [0.05, 0.1) is 39.9 Å². The van der Waals surface area contributed by atoms with Crippen LogP contribution in [0.2, 0.25) is 0 Å². The zero-order valence-electron chi connectivity index (χ0n) is 40.7. The third kappa shape index (κ3) is 46.3. The van der Waals surface area contributed by atoms with Crippen molar-refractivity contribution < 1.29 is 32.9 Å². The maximum Gasteiger partial charge on any atom is 0.472 e. The summed E-state index contributed by atoms with van der Waals surface area (Å²) < 4.78 is 23.6. The molecule has 0 saturated heterocycles. The van der Waals surface area contributed by atoms with E-state index in [4.69, 9.17) is 9.05 Å². The molecule has 0 aromatic rings. The zero-order chi connectivity index (χ0) is 45.0. The van der Waals surface area contributed by atoms with Crippen molar-refractivity contribution in [2.24, 2.45) is 0 Å². The highest BCUT2D eigenvalue weighted by Gasteiger charge is 2.27. The summed E-state index contributed by atoms with van der Waals surface area (Å²) in [6.45, 7) is 4.78. The van der Waals surface area contributed by atoms with Gasteiger partial charge in [0, 0.05) is 6.42 Å². The van der Waals surface area contributed by atoms with Crippen molar-refractivity contribution in [3.63, 3.8) is 0 Å². The topological polar surface area (TPSA) is 105 Å². The van der Waals surface area contributed by atoms with E-state index in [-0.39, 0.29) is 19.1 Å². The lowest BCUT2D eigenvalue weighted by Gasteiger charge is -2.25. The van der Waals surface area contributed by atoms with Crippen molar-refractivity contribution in [2.75, 3.05) is 40.9 Å². The number of phosphoric acid groups is 1. The fourth-order valence-corrected chi connectivity index (χ4v) is 7.92. The molecule has 358 valence electrons. The van der Waals surface area contributed by atoms with Gasteiger partial charge in [0.1, 0.15) is 13.2 Å². The highest BCUT2D eigenvalue weighted by molar-refractivity contribution is 7.47. The minimum Gasteiger partial charge on any atom is -0.387 e. The number of hydrogen-bond donors (Lipinski definition) is 3. The Kier molecular flexibility index (Phi) is 42.6. The van der Waals surface area contributed by atoms with E-state index in [1.165, 1.54) is 161 Å². The van der Waals surface area contributed by atoms with Crippen LogP contribution in [0.4, 0.5) is 0 Å². The number of carbonyl (C=O) groups is 1. The van der Waals surface area contributed by atoms with Crippen molar-refractivity contribution in [3.8, 4) is 0 Å². The van der Waals surface area contributed by atoms with Crippen molar-refractivity contribution in [3.05, 3.63) is 48.6 Å². The van der Waals surface area contributed by atoms with Crippen LogP contribution in [-0.4, -0.2) is 73.4 Å². The highest BCUT2D eigenvalue weighted by Crippen LogP contribution is 2.43. The fraction of sp³-hybridized carbons (Fsp3) is 0.827. The number of amides is 1. The van der Waals surface area contributed by atoms with Gasteiger partial charge < -0.3 is 19.8 Å². The molecular weight excluding hydrogens is 780 g/mol. The lowest BCUT2D eigenvalue weighted by Crippen LogP contribution is -2.45. The first-order valence-electron chi connectivity index (χ1n) is 25.5. The first-order chi connectivity index (χ1) is 29.5. The number of unbranched alkanes of at least 4 members (excludes halogenated alkanes) is 27. The smallest absolute Gasteiger partial charge is 0.387 e. The number of allylic oxidation sites excluding steroid dienone is 7. The Labute approximate surface area is 378 Å². The summed E-state index contributed by atoms with van der Waals surface area (Å²) in [5, 5.41) is 13.8. The molecule has 0 rings (SSSR count). The number of aliphatic hydroxyl groups excluding tert-OH is 1. The molecule has 0 radical (unpaired) electrons.